The Balaban J connectivity index is 0.000000211. The minimum Gasteiger partial charge on any atom is -0.478 e. The van der Waals surface area contributed by atoms with Crippen LogP contribution in [0, 0.1) is 60.2 Å². The van der Waals surface area contributed by atoms with E-state index >= 15 is 0 Å². The zero-order valence-electron chi connectivity index (χ0n) is 35.5. The molecule has 57 heavy (non-hydrogen) atoms. The van der Waals surface area contributed by atoms with Crippen LogP contribution in [0.1, 0.15) is 200 Å². The topological polar surface area (TPSA) is 83.8 Å². The van der Waals surface area contributed by atoms with Gasteiger partial charge in [-0.1, -0.05) is 103 Å². The molecule has 4 aliphatic rings. The summed E-state index contributed by atoms with van der Waals surface area (Å²) < 4.78 is 5.77. The van der Waals surface area contributed by atoms with E-state index in [1.807, 2.05) is 0 Å². The van der Waals surface area contributed by atoms with Crippen LogP contribution in [0.4, 0.5) is 0 Å². The first-order chi connectivity index (χ1) is 27.7. The molecule has 0 bridgehead atoms. The molecule has 4 aliphatic carbocycles. The molecular formula is C52H74O5. The molecule has 0 spiro atoms. The van der Waals surface area contributed by atoms with Crippen LogP contribution in [0.5, 0.6) is 0 Å². The first-order valence-corrected chi connectivity index (χ1v) is 23.0. The van der Waals surface area contributed by atoms with E-state index in [1.54, 1.807) is 36.4 Å². The standard InChI is InChI=1S/C26H36O2.C17H32O.C9H6O2/c1-3-5-6-7-21-10-12-22(13-11-21)23-16-18-25(19-17-23)28-26(27)24-14-8-20(4-2)9-15-24;1-2-3-4-5-14-6-8-15(9-7-14)16-10-12-17(18)13-11-16;1-2-7-3-5-8(6-4-7)9(10)11/h2,8-9,14-15,21-23,25H,3,5-7,10-13,16-19H2,1H3;14-18H,2-13H2,1H3;1,3-6H,(H,10,11). The van der Waals surface area contributed by atoms with Gasteiger partial charge in [-0.3, -0.25) is 0 Å². The summed E-state index contributed by atoms with van der Waals surface area (Å²) in [5.74, 6) is 9.57. The average Bonchev–Trinajstić information content (AvgIpc) is 3.25. The molecule has 0 aliphatic heterocycles. The monoisotopic (exact) mass is 779 g/mol. The van der Waals surface area contributed by atoms with Gasteiger partial charge in [-0.2, -0.15) is 0 Å². The number of aliphatic hydroxyl groups is 1. The van der Waals surface area contributed by atoms with Crippen LogP contribution in [-0.4, -0.2) is 34.4 Å². The molecule has 0 unspecified atom stereocenters. The number of aromatic carboxylic acids is 1. The number of hydrogen-bond donors (Lipinski definition) is 2. The Kier molecular flexibility index (Phi) is 20.8. The molecule has 0 amide bonds. The Morgan fingerprint density at radius 2 is 0.930 bits per heavy atom. The molecule has 0 atom stereocenters. The van der Waals surface area contributed by atoms with Gasteiger partial charge in [-0.05, 0) is 161 Å². The van der Waals surface area contributed by atoms with Gasteiger partial charge in [-0.25, -0.2) is 9.59 Å². The Morgan fingerprint density at radius 1 is 0.561 bits per heavy atom. The third kappa shape index (κ3) is 16.3. The predicted octanol–water partition coefficient (Wildman–Crippen LogP) is 13.1. The number of terminal acetylenes is 2. The Morgan fingerprint density at radius 3 is 1.30 bits per heavy atom. The predicted molar refractivity (Wildman–Crippen MR) is 234 cm³/mol. The van der Waals surface area contributed by atoms with Gasteiger partial charge in [0.25, 0.3) is 0 Å². The molecule has 6 rings (SSSR count). The Labute approximate surface area is 346 Å². The summed E-state index contributed by atoms with van der Waals surface area (Å²) in [4.78, 5) is 22.7. The lowest BCUT2D eigenvalue weighted by Gasteiger charge is -2.37. The van der Waals surface area contributed by atoms with E-state index in [2.05, 4.69) is 25.7 Å². The maximum atomic E-state index is 12.4. The summed E-state index contributed by atoms with van der Waals surface area (Å²) in [5, 5.41) is 18.1. The van der Waals surface area contributed by atoms with Crippen molar-refractivity contribution in [3.05, 3.63) is 70.8 Å². The van der Waals surface area contributed by atoms with Crippen LogP contribution >= 0.6 is 0 Å². The van der Waals surface area contributed by atoms with Crippen molar-refractivity contribution in [1.29, 1.82) is 0 Å². The molecule has 0 heterocycles. The van der Waals surface area contributed by atoms with Crippen molar-refractivity contribution >= 4 is 11.9 Å². The number of carboxylic acids is 1. The maximum Gasteiger partial charge on any atom is 0.338 e. The summed E-state index contributed by atoms with van der Waals surface area (Å²) in [6.07, 6.45) is 42.8. The van der Waals surface area contributed by atoms with Crippen molar-refractivity contribution in [1.82, 2.24) is 0 Å². The van der Waals surface area contributed by atoms with Gasteiger partial charge in [0.1, 0.15) is 6.10 Å². The van der Waals surface area contributed by atoms with Gasteiger partial charge in [0.2, 0.25) is 0 Å². The summed E-state index contributed by atoms with van der Waals surface area (Å²) in [7, 11) is 0. The summed E-state index contributed by atoms with van der Waals surface area (Å²) in [6, 6.07) is 13.3. The lowest BCUT2D eigenvalue weighted by atomic mass is 9.70. The maximum absolute atomic E-state index is 12.4. The van der Waals surface area contributed by atoms with E-state index in [-0.39, 0.29) is 23.7 Å². The highest BCUT2D eigenvalue weighted by Crippen LogP contribution is 2.43. The second-order valence-corrected chi connectivity index (χ2v) is 17.8. The van der Waals surface area contributed by atoms with E-state index in [4.69, 9.17) is 22.7 Å². The number of ether oxygens (including phenoxy) is 1. The third-order valence-corrected chi connectivity index (χ3v) is 13.9. The zero-order valence-corrected chi connectivity index (χ0v) is 35.5. The van der Waals surface area contributed by atoms with Crippen molar-refractivity contribution in [2.45, 2.75) is 180 Å². The first kappa shape index (κ1) is 46.2. The first-order valence-electron chi connectivity index (χ1n) is 23.0. The van der Waals surface area contributed by atoms with E-state index < -0.39 is 5.97 Å². The minimum atomic E-state index is -0.937. The molecule has 4 fully saturated rings. The van der Waals surface area contributed by atoms with Crippen LogP contribution < -0.4 is 0 Å². The smallest absolute Gasteiger partial charge is 0.338 e. The summed E-state index contributed by atoms with van der Waals surface area (Å²) in [5.41, 5.74) is 2.33. The SMILES string of the molecule is C#Cc1ccc(C(=O)O)cc1.C#Cc1ccc(C(=O)OC2CCC(C3CCC(CCCCC)CC3)CC2)cc1.CCCCCC1CCC(C2CCC(O)CC2)CC1. The molecule has 0 aromatic heterocycles. The summed E-state index contributed by atoms with van der Waals surface area (Å²) >= 11 is 0. The number of benzene rings is 2. The molecule has 2 N–H and O–H groups in total. The second-order valence-electron chi connectivity index (χ2n) is 17.8. The number of carbonyl (C=O) groups is 2. The molecule has 0 radical (unpaired) electrons. The van der Waals surface area contributed by atoms with Gasteiger partial charge in [0.05, 0.1) is 17.2 Å². The molecule has 2 aromatic rings. The van der Waals surface area contributed by atoms with E-state index in [1.165, 1.54) is 141 Å². The number of carboxylic acid groups (broad SMARTS) is 1. The fourth-order valence-corrected chi connectivity index (χ4v) is 10.1. The molecule has 4 saturated carbocycles. The summed E-state index contributed by atoms with van der Waals surface area (Å²) in [6.45, 7) is 4.59. The molecule has 2 aromatic carbocycles. The highest BCUT2D eigenvalue weighted by molar-refractivity contribution is 5.89. The van der Waals surface area contributed by atoms with E-state index in [0.717, 1.165) is 66.8 Å². The molecule has 312 valence electrons. The van der Waals surface area contributed by atoms with Gasteiger partial charge < -0.3 is 14.9 Å². The lowest BCUT2D eigenvalue weighted by molar-refractivity contribution is 0.0109. The third-order valence-electron chi connectivity index (χ3n) is 13.9. The fraction of sp³-hybridized carbons (Fsp3) is 0.654. The van der Waals surface area contributed by atoms with Gasteiger partial charge in [0.15, 0.2) is 0 Å². The van der Waals surface area contributed by atoms with Gasteiger partial charge >= 0.3 is 11.9 Å². The molecule has 5 nitrogen and oxygen atoms in total. The minimum absolute atomic E-state index is 0.0200. The molecule has 0 saturated heterocycles. The Hall–Kier alpha value is -3.54. The number of unbranched alkanes of at least 4 members (excludes halogenated alkanes) is 4. The zero-order chi connectivity index (χ0) is 40.8. The van der Waals surface area contributed by atoms with Crippen molar-refractivity contribution in [3.8, 4) is 24.7 Å². The molecular weight excluding hydrogens is 705 g/mol. The number of carbonyl (C=O) groups excluding carboxylic acids is 1. The number of aliphatic hydroxyl groups excluding tert-OH is 1. The van der Waals surface area contributed by atoms with Crippen molar-refractivity contribution < 1.29 is 24.5 Å². The average molecular weight is 779 g/mol. The number of hydrogen-bond acceptors (Lipinski definition) is 4. The van der Waals surface area contributed by atoms with E-state index in [0.29, 0.717) is 11.1 Å². The lowest BCUT2D eigenvalue weighted by Crippen LogP contribution is -2.29. The van der Waals surface area contributed by atoms with Crippen LogP contribution in [-0.2, 0) is 4.74 Å². The van der Waals surface area contributed by atoms with Crippen LogP contribution in [0.3, 0.4) is 0 Å². The largest absolute Gasteiger partial charge is 0.478 e. The second kappa shape index (κ2) is 25.7. The van der Waals surface area contributed by atoms with Crippen LogP contribution in [0.25, 0.3) is 0 Å². The van der Waals surface area contributed by atoms with E-state index in [9.17, 15) is 14.7 Å². The van der Waals surface area contributed by atoms with Gasteiger partial charge in [-0.15, -0.1) is 12.8 Å². The van der Waals surface area contributed by atoms with Crippen molar-refractivity contribution in [2.24, 2.45) is 35.5 Å². The van der Waals surface area contributed by atoms with Crippen LogP contribution in [0.2, 0.25) is 0 Å². The fourth-order valence-electron chi connectivity index (χ4n) is 10.1. The van der Waals surface area contributed by atoms with Gasteiger partial charge in [0, 0.05) is 11.1 Å². The van der Waals surface area contributed by atoms with Crippen molar-refractivity contribution in [3.63, 3.8) is 0 Å². The normalized spacial score (nSPS) is 27.2. The molecule has 5 heteroatoms. The highest BCUT2D eigenvalue weighted by Gasteiger charge is 2.32. The number of rotatable bonds is 13. The number of esters is 1. The Bertz CT molecular complexity index is 1500. The highest BCUT2D eigenvalue weighted by atomic mass is 16.5. The van der Waals surface area contributed by atoms with Crippen molar-refractivity contribution in [2.75, 3.05) is 0 Å². The van der Waals surface area contributed by atoms with Crippen LogP contribution in [0.15, 0.2) is 48.5 Å². The quantitative estimate of drug-likeness (QED) is 0.120.